The van der Waals surface area contributed by atoms with E-state index in [1.807, 2.05) is 16.7 Å². The van der Waals surface area contributed by atoms with E-state index >= 15 is 0 Å². The van der Waals surface area contributed by atoms with Crippen LogP contribution >= 0.6 is 23.4 Å². The third-order valence-corrected chi connectivity index (χ3v) is 5.05. The van der Waals surface area contributed by atoms with Crippen LogP contribution in [0.4, 0.5) is 0 Å². The van der Waals surface area contributed by atoms with Crippen LogP contribution in [0.3, 0.4) is 0 Å². The zero-order valence-corrected chi connectivity index (χ0v) is 10.5. The highest BCUT2D eigenvalue weighted by atomic mass is 35.5. The van der Waals surface area contributed by atoms with Crippen LogP contribution in [-0.4, -0.2) is 40.8 Å². The maximum atomic E-state index is 12.1. The minimum atomic E-state index is 0.249. The lowest BCUT2D eigenvalue weighted by molar-refractivity contribution is -0.132. The van der Waals surface area contributed by atoms with Crippen molar-refractivity contribution in [3.05, 3.63) is 0 Å². The second-order valence-corrected chi connectivity index (χ2v) is 6.07. The van der Waals surface area contributed by atoms with Gasteiger partial charge in [-0.1, -0.05) is 0 Å². The van der Waals surface area contributed by atoms with Crippen molar-refractivity contribution in [1.29, 1.82) is 0 Å². The second-order valence-electron chi connectivity index (χ2n) is 4.45. The van der Waals surface area contributed by atoms with Crippen molar-refractivity contribution in [2.45, 2.75) is 30.9 Å². The zero-order valence-electron chi connectivity index (χ0n) is 8.95. The molecule has 2 aliphatic rings. The van der Waals surface area contributed by atoms with E-state index in [1.54, 1.807) is 0 Å². The summed E-state index contributed by atoms with van der Waals surface area (Å²) in [6.45, 7) is 1.84. The number of nitrogens with zero attached hydrogens (tertiary/aromatic N) is 1. The number of halogens is 1. The van der Waals surface area contributed by atoms with Crippen LogP contribution in [0.2, 0.25) is 0 Å². The van der Waals surface area contributed by atoms with Gasteiger partial charge in [0.2, 0.25) is 5.91 Å². The molecule has 4 heteroatoms. The van der Waals surface area contributed by atoms with E-state index in [2.05, 4.69) is 0 Å². The van der Waals surface area contributed by atoms with E-state index in [0.29, 0.717) is 17.7 Å². The Kier molecular flexibility index (Phi) is 4.21. The van der Waals surface area contributed by atoms with E-state index in [9.17, 15) is 4.79 Å². The molecule has 0 bridgehead atoms. The molecule has 2 heterocycles. The van der Waals surface area contributed by atoms with Crippen LogP contribution in [0.15, 0.2) is 0 Å². The van der Waals surface area contributed by atoms with Gasteiger partial charge in [0, 0.05) is 19.0 Å². The maximum Gasteiger partial charge on any atom is 0.235 e. The molecule has 2 rings (SSSR count). The van der Waals surface area contributed by atoms with E-state index < -0.39 is 0 Å². The average molecular weight is 248 g/mol. The molecule has 0 aromatic heterocycles. The number of amides is 1. The van der Waals surface area contributed by atoms with E-state index in [-0.39, 0.29) is 5.25 Å². The van der Waals surface area contributed by atoms with Gasteiger partial charge in [0.15, 0.2) is 0 Å². The van der Waals surface area contributed by atoms with Crippen molar-refractivity contribution in [1.82, 2.24) is 4.90 Å². The first-order valence-electron chi connectivity index (χ1n) is 5.77. The molecule has 0 aromatic carbocycles. The predicted molar refractivity (Wildman–Crippen MR) is 65.5 cm³/mol. The van der Waals surface area contributed by atoms with Crippen molar-refractivity contribution in [2.75, 3.05) is 24.7 Å². The highest BCUT2D eigenvalue weighted by molar-refractivity contribution is 8.00. The Morgan fingerprint density at radius 3 is 2.93 bits per heavy atom. The number of hydrogen-bond donors (Lipinski definition) is 0. The van der Waals surface area contributed by atoms with Crippen LogP contribution in [0.25, 0.3) is 0 Å². The standard InChI is InChI=1S/C11H18ClNOS/c12-7-9-3-1-5-13(8-9)11(14)10-4-2-6-15-10/h9-10H,1-8H2. The van der Waals surface area contributed by atoms with Crippen molar-refractivity contribution in [3.63, 3.8) is 0 Å². The molecule has 86 valence electrons. The summed E-state index contributed by atoms with van der Waals surface area (Å²) in [5, 5.41) is 0.249. The summed E-state index contributed by atoms with van der Waals surface area (Å²) in [7, 11) is 0. The third-order valence-electron chi connectivity index (χ3n) is 3.25. The van der Waals surface area contributed by atoms with Crippen LogP contribution in [-0.2, 0) is 4.79 Å². The summed E-state index contributed by atoms with van der Waals surface area (Å²) < 4.78 is 0. The number of piperidine rings is 1. The molecule has 1 amide bonds. The number of likely N-dealkylation sites (tertiary alicyclic amines) is 1. The summed E-state index contributed by atoms with van der Waals surface area (Å²) in [6.07, 6.45) is 4.59. The largest absolute Gasteiger partial charge is 0.341 e. The molecule has 15 heavy (non-hydrogen) atoms. The van der Waals surface area contributed by atoms with Crippen LogP contribution < -0.4 is 0 Å². The summed E-state index contributed by atoms with van der Waals surface area (Å²) in [5.74, 6) is 2.74. The van der Waals surface area contributed by atoms with Gasteiger partial charge in [-0.25, -0.2) is 0 Å². The SMILES string of the molecule is O=C(C1CCCS1)N1CCCC(CCl)C1. The minimum absolute atomic E-state index is 0.249. The average Bonchev–Trinajstić information content (AvgIpc) is 2.81. The molecule has 0 aliphatic carbocycles. The third kappa shape index (κ3) is 2.82. The molecule has 2 fully saturated rings. The lowest BCUT2D eigenvalue weighted by Crippen LogP contribution is -2.43. The first-order valence-corrected chi connectivity index (χ1v) is 7.36. The normalized spacial score (nSPS) is 31.9. The molecule has 0 spiro atoms. The lowest BCUT2D eigenvalue weighted by Gasteiger charge is -2.33. The highest BCUT2D eigenvalue weighted by Crippen LogP contribution is 2.29. The number of carbonyl (C=O) groups excluding carboxylic acids is 1. The summed E-state index contributed by atoms with van der Waals surface area (Å²) in [6, 6.07) is 0. The number of hydrogen-bond acceptors (Lipinski definition) is 2. The monoisotopic (exact) mass is 247 g/mol. The topological polar surface area (TPSA) is 20.3 Å². The summed E-state index contributed by atoms with van der Waals surface area (Å²) in [5.41, 5.74) is 0. The van der Waals surface area contributed by atoms with Gasteiger partial charge in [0.05, 0.1) is 5.25 Å². The fourth-order valence-electron chi connectivity index (χ4n) is 2.37. The van der Waals surface area contributed by atoms with Gasteiger partial charge in [0.25, 0.3) is 0 Å². The lowest BCUT2D eigenvalue weighted by atomic mass is 9.99. The van der Waals surface area contributed by atoms with Gasteiger partial charge in [0.1, 0.15) is 0 Å². The first-order chi connectivity index (χ1) is 7.31. The first kappa shape index (κ1) is 11.6. The Bertz CT molecular complexity index is 231. The number of rotatable bonds is 2. The fraction of sp³-hybridized carbons (Fsp3) is 0.909. The molecule has 0 aromatic rings. The van der Waals surface area contributed by atoms with E-state index in [4.69, 9.17) is 11.6 Å². The Morgan fingerprint density at radius 1 is 1.40 bits per heavy atom. The molecule has 0 N–H and O–H groups in total. The van der Waals surface area contributed by atoms with E-state index in [0.717, 1.165) is 31.7 Å². The van der Waals surface area contributed by atoms with Gasteiger partial charge in [-0.05, 0) is 37.4 Å². The maximum absolute atomic E-state index is 12.1. The van der Waals surface area contributed by atoms with Crippen LogP contribution in [0.1, 0.15) is 25.7 Å². The molecule has 2 aliphatic heterocycles. The van der Waals surface area contributed by atoms with Gasteiger partial charge < -0.3 is 4.90 Å². The molecule has 0 radical (unpaired) electrons. The predicted octanol–water partition coefficient (Wildman–Crippen LogP) is 2.36. The van der Waals surface area contributed by atoms with Crippen LogP contribution in [0, 0.1) is 5.92 Å². The Balaban J connectivity index is 1.88. The minimum Gasteiger partial charge on any atom is -0.341 e. The Morgan fingerprint density at radius 2 is 2.27 bits per heavy atom. The van der Waals surface area contributed by atoms with Crippen molar-refractivity contribution < 1.29 is 4.79 Å². The molecule has 2 atom stereocenters. The number of carbonyl (C=O) groups is 1. The number of thioether (sulfide) groups is 1. The van der Waals surface area contributed by atoms with Gasteiger partial charge >= 0.3 is 0 Å². The summed E-state index contributed by atoms with van der Waals surface area (Å²) >= 11 is 7.70. The zero-order chi connectivity index (χ0) is 10.7. The molecule has 0 saturated carbocycles. The molecule has 2 unspecified atom stereocenters. The van der Waals surface area contributed by atoms with E-state index in [1.165, 1.54) is 12.8 Å². The van der Waals surface area contributed by atoms with Crippen molar-refractivity contribution in [3.8, 4) is 0 Å². The highest BCUT2D eigenvalue weighted by Gasteiger charge is 2.30. The molecule has 2 saturated heterocycles. The van der Waals surface area contributed by atoms with Crippen LogP contribution in [0.5, 0.6) is 0 Å². The fourth-order valence-corrected chi connectivity index (χ4v) is 3.86. The Hall–Kier alpha value is 0.110. The van der Waals surface area contributed by atoms with Gasteiger partial charge in [-0.15, -0.1) is 23.4 Å². The quantitative estimate of drug-likeness (QED) is 0.699. The summed E-state index contributed by atoms with van der Waals surface area (Å²) in [4.78, 5) is 14.2. The number of alkyl halides is 1. The molecular weight excluding hydrogens is 230 g/mol. The van der Waals surface area contributed by atoms with Crippen molar-refractivity contribution >= 4 is 29.3 Å². The molecule has 2 nitrogen and oxygen atoms in total. The van der Waals surface area contributed by atoms with Gasteiger partial charge in [-0.3, -0.25) is 4.79 Å². The van der Waals surface area contributed by atoms with Crippen molar-refractivity contribution in [2.24, 2.45) is 5.92 Å². The second kappa shape index (κ2) is 5.44. The smallest absolute Gasteiger partial charge is 0.235 e. The van der Waals surface area contributed by atoms with Gasteiger partial charge in [-0.2, -0.15) is 0 Å². The molecular formula is C11H18ClNOS. The Labute approximate surface area is 101 Å².